The molecule has 2 aliphatic rings. The number of likely N-dealkylation sites (tertiary alicyclic amines) is 1. The Balaban J connectivity index is 1.34. The maximum absolute atomic E-state index is 12.5. The number of thiazole rings is 1. The Hall–Kier alpha value is -1.73. The lowest BCUT2D eigenvalue weighted by atomic mass is 9.92. The molecule has 2 fully saturated rings. The highest BCUT2D eigenvalue weighted by Crippen LogP contribution is 2.56. The Morgan fingerprint density at radius 1 is 1.46 bits per heavy atom. The molecule has 2 aromatic rings. The van der Waals surface area contributed by atoms with Gasteiger partial charge in [-0.2, -0.15) is 0 Å². The quantitative estimate of drug-likeness (QED) is 0.851. The van der Waals surface area contributed by atoms with Crippen LogP contribution in [0.3, 0.4) is 0 Å². The van der Waals surface area contributed by atoms with Crippen molar-refractivity contribution in [2.24, 2.45) is 5.41 Å². The van der Waals surface area contributed by atoms with Gasteiger partial charge in [0.1, 0.15) is 10.8 Å². The van der Waals surface area contributed by atoms with Crippen LogP contribution >= 0.6 is 11.3 Å². The molecular weight excluding hydrogens is 324 g/mol. The maximum atomic E-state index is 12.5. The van der Waals surface area contributed by atoms with Gasteiger partial charge in [0.2, 0.25) is 0 Å². The molecule has 0 radical (unpaired) electrons. The summed E-state index contributed by atoms with van der Waals surface area (Å²) in [5.74, 6) is 0.609. The first-order valence-corrected chi connectivity index (χ1v) is 9.25. The van der Waals surface area contributed by atoms with Crippen molar-refractivity contribution < 1.29 is 9.21 Å². The lowest BCUT2D eigenvalue weighted by Crippen LogP contribution is -2.41. The molecule has 6 nitrogen and oxygen atoms in total. The highest BCUT2D eigenvalue weighted by molar-refractivity contribution is 7.09. The zero-order valence-corrected chi connectivity index (χ0v) is 14.9. The molecule has 1 atom stereocenters. The van der Waals surface area contributed by atoms with E-state index in [0.717, 1.165) is 32.5 Å². The molecule has 1 spiro atoms. The van der Waals surface area contributed by atoms with E-state index in [-0.39, 0.29) is 5.91 Å². The molecule has 1 amide bonds. The van der Waals surface area contributed by atoms with Crippen LogP contribution in [0, 0.1) is 12.3 Å². The summed E-state index contributed by atoms with van der Waals surface area (Å²) in [5.41, 5.74) is 0.848. The summed E-state index contributed by atoms with van der Waals surface area (Å²) < 4.78 is 5.16. The van der Waals surface area contributed by atoms with E-state index in [1.54, 1.807) is 18.3 Å². The van der Waals surface area contributed by atoms with Gasteiger partial charge in [0.05, 0.1) is 6.54 Å². The number of aryl methyl sites for hydroxylation is 1. The number of carbonyl (C=O) groups excluding carboxylic acids is 1. The fourth-order valence-electron chi connectivity index (χ4n) is 3.96. The number of rotatable bonds is 4. The smallest absolute Gasteiger partial charge is 0.276 e. The Kier molecular flexibility index (Phi) is 3.92. The number of carbonyl (C=O) groups is 1. The van der Waals surface area contributed by atoms with Crippen LogP contribution in [0.15, 0.2) is 22.4 Å². The van der Waals surface area contributed by atoms with Gasteiger partial charge in [-0.05, 0) is 38.6 Å². The van der Waals surface area contributed by atoms with Crippen molar-refractivity contribution in [3.63, 3.8) is 0 Å². The first kappa shape index (κ1) is 15.8. The van der Waals surface area contributed by atoms with Gasteiger partial charge < -0.3 is 9.32 Å². The first-order chi connectivity index (χ1) is 11.6. The summed E-state index contributed by atoms with van der Waals surface area (Å²) in [5, 5.41) is 3.20. The number of hydrogen-bond donors (Lipinski definition) is 0. The van der Waals surface area contributed by atoms with Crippen molar-refractivity contribution in [1.82, 2.24) is 19.8 Å². The summed E-state index contributed by atoms with van der Waals surface area (Å²) in [6, 6.07) is 0.618. The van der Waals surface area contributed by atoms with E-state index < -0.39 is 0 Å². The van der Waals surface area contributed by atoms with E-state index >= 15 is 0 Å². The van der Waals surface area contributed by atoms with E-state index in [1.165, 1.54) is 17.8 Å². The van der Waals surface area contributed by atoms with Crippen LogP contribution in [-0.2, 0) is 6.54 Å². The van der Waals surface area contributed by atoms with Gasteiger partial charge in [-0.25, -0.2) is 9.97 Å². The van der Waals surface area contributed by atoms with Crippen LogP contribution in [-0.4, -0.2) is 51.9 Å². The van der Waals surface area contributed by atoms with Crippen molar-refractivity contribution in [1.29, 1.82) is 0 Å². The van der Waals surface area contributed by atoms with Crippen LogP contribution in [0.5, 0.6) is 0 Å². The molecule has 3 heterocycles. The van der Waals surface area contributed by atoms with Crippen LogP contribution in [0.2, 0.25) is 0 Å². The average molecular weight is 346 g/mol. The van der Waals surface area contributed by atoms with Crippen molar-refractivity contribution >= 4 is 17.2 Å². The minimum Gasteiger partial charge on any atom is -0.448 e. The second kappa shape index (κ2) is 5.97. The Morgan fingerprint density at radius 2 is 2.25 bits per heavy atom. The van der Waals surface area contributed by atoms with Gasteiger partial charge in [0.15, 0.2) is 12.1 Å². The van der Waals surface area contributed by atoms with Gasteiger partial charge in [-0.3, -0.25) is 9.69 Å². The Bertz CT molecular complexity index is 719. The van der Waals surface area contributed by atoms with E-state index in [2.05, 4.69) is 21.9 Å². The summed E-state index contributed by atoms with van der Waals surface area (Å²) in [6.45, 7) is 4.33. The lowest BCUT2D eigenvalue weighted by Gasteiger charge is -2.33. The number of hydrogen-bond acceptors (Lipinski definition) is 6. The standard InChI is InChI=1S/C17H22N4O2S/c1-12-15(19-11-23-12)16(22)21-6-3-17(4-7-21)9-13(17)20(2)10-14-18-5-8-24-14/h5,8,11,13H,3-4,6-7,9-10H2,1-2H3. The van der Waals surface area contributed by atoms with Crippen molar-refractivity contribution in [3.05, 3.63) is 34.4 Å². The molecule has 0 N–H and O–H groups in total. The molecular formula is C17H22N4O2S. The molecule has 0 bridgehead atoms. The molecule has 2 aromatic heterocycles. The molecule has 1 unspecified atom stereocenters. The third kappa shape index (κ3) is 2.75. The van der Waals surface area contributed by atoms with E-state index in [9.17, 15) is 4.79 Å². The third-order valence-electron chi connectivity index (χ3n) is 5.54. The summed E-state index contributed by atoms with van der Waals surface area (Å²) in [7, 11) is 2.19. The van der Waals surface area contributed by atoms with Gasteiger partial charge in [-0.15, -0.1) is 11.3 Å². The zero-order chi connectivity index (χ0) is 16.7. The Labute approximate surface area is 145 Å². The van der Waals surface area contributed by atoms with Gasteiger partial charge >= 0.3 is 0 Å². The highest BCUT2D eigenvalue weighted by atomic mass is 32.1. The lowest BCUT2D eigenvalue weighted by molar-refractivity contribution is 0.0651. The molecule has 128 valence electrons. The minimum absolute atomic E-state index is 0.00411. The molecule has 24 heavy (non-hydrogen) atoms. The topological polar surface area (TPSA) is 62.5 Å². The molecule has 1 saturated carbocycles. The van der Waals surface area contributed by atoms with E-state index in [0.29, 0.717) is 22.9 Å². The monoisotopic (exact) mass is 346 g/mol. The van der Waals surface area contributed by atoms with Gasteiger partial charge in [0, 0.05) is 30.7 Å². The molecule has 7 heteroatoms. The third-order valence-corrected chi connectivity index (χ3v) is 6.30. The van der Waals surface area contributed by atoms with Crippen LogP contribution in [0.25, 0.3) is 0 Å². The largest absolute Gasteiger partial charge is 0.448 e. The molecule has 0 aromatic carbocycles. The van der Waals surface area contributed by atoms with Crippen molar-refractivity contribution in [2.75, 3.05) is 20.1 Å². The van der Waals surface area contributed by atoms with Crippen molar-refractivity contribution in [2.45, 2.75) is 38.8 Å². The zero-order valence-electron chi connectivity index (χ0n) is 14.1. The Morgan fingerprint density at radius 3 is 2.88 bits per heavy atom. The predicted octanol–water partition coefficient (Wildman–Crippen LogP) is 2.57. The number of aromatic nitrogens is 2. The second-order valence-electron chi connectivity index (χ2n) is 6.97. The van der Waals surface area contributed by atoms with Crippen molar-refractivity contribution in [3.8, 4) is 0 Å². The highest BCUT2D eigenvalue weighted by Gasteiger charge is 2.57. The average Bonchev–Trinajstić information content (AvgIpc) is 2.94. The fourth-order valence-corrected chi connectivity index (χ4v) is 4.64. The first-order valence-electron chi connectivity index (χ1n) is 8.37. The second-order valence-corrected chi connectivity index (χ2v) is 7.95. The summed E-state index contributed by atoms with van der Waals surface area (Å²) in [6.07, 6.45) is 6.59. The van der Waals surface area contributed by atoms with Crippen LogP contribution in [0.1, 0.15) is 40.5 Å². The molecule has 1 saturated heterocycles. The van der Waals surface area contributed by atoms with E-state index in [1.807, 2.05) is 16.5 Å². The van der Waals surface area contributed by atoms with Gasteiger partial charge in [0.25, 0.3) is 5.91 Å². The number of oxazole rings is 1. The van der Waals surface area contributed by atoms with E-state index in [4.69, 9.17) is 4.42 Å². The fraction of sp³-hybridized carbons (Fsp3) is 0.588. The maximum Gasteiger partial charge on any atom is 0.276 e. The molecule has 1 aliphatic carbocycles. The minimum atomic E-state index is 0.00411. The normalized spacial score (nSPS) is 22.3. The molecule has 1 aliphatic heterocycles. The number of nitrogens with zero attached hydrogens (tertiary/aromatic N) is 4. The predicted molar refractivity (Wildman–Crippen MR) is 90.8 cm³/mol. The van der Waals surface area contributed by atoms with Gasteiger partial charge in [-0.1, -0.05) is 0 Å². The summed E-state index contributed by atoms with van der Waals surface area (Å²) in [4.78, 5) is 25.3. The molecule has 4 rings (SSSR count). The SMILES string of the molecule is Cc1ocnc1C(=O)N1CCC2(CC1)CC2N(C)Cc1nccs1. The van der Waals surface area contributed by atoms with Crippen LogP contribution in [0.4, 0.5) is 0 Å². The van der Waals surface area contributed by atoms with Crippen LogP contribution < -0.4 is 0 Å². The summed E-state index contributed by atoms with van der Waals surface area (Å²) >= 11 is 1.71. The number of piperidine rings is 1. The number of amides is 1.